The van der Waals surface area contributed by atoms with Crippen molar-refractivity contribution in [2.24, 2.45) is 0 Å². The molecule has 1 aliphatic rings. The molecule has 1 N–H and O–H groups in total. The fourth-order valence-electron chi connectivity index (χ4n) is 2.85. The third-order valence-corrected chi connectivity index (χ3v) is 4.13. The molecule has 0 saturated heterocycles. The Morgan fingerprint density at radius 1 is 1.16 bits per heavy atom. The zero-order chi connectivity index (χ0) is 13.7. The minimum Gasteiger partial charge on any atom is -0.353 e. The smallest absolute Gasteiger partial charge is 0.224 e. The first-order chi connectivity index (χ1) is 9.22. The van der Waals surface area contributed by atoms with E-state index in [0.717, 1.165) is 18.4 Å². The van der Waals surface area contributed by atoms with E-state index in [-0.39, 0.29) is 5.91 Å². The van der Waals surface area contributed by atoms with Crippen LogP contribution in [0.2, 0.25) is 0 Å². The Morgan fingerprint density at radius 3 is 2.53 bits per heavy atom. The van der Waals surface area contributed by atoms with Crippen LogP contribution in [-0.4, -0.2) is 11.9 Å². The molecule has 1 aliphatic carbocycles. The molecule has 0 bridgehead atoms. The SMILES string of the molecule is CCC(CC)NC(=O)Cc1ccc2c(c1)CCCC2. The first kappa shape index (κ1) is 14.1. The van der Waals surface area contributed by atoms with Crippen LogP contribution in [-0.2, 0) is 24.1 Å². The molecule has 2 rings (SSSR count). The molecule has 0 fully saturated rings. The normalized spacial score (nSPS) is 14.3. The van der Waals surface area contributed by atoms with Gasteiger partial charge in [0, 0.05) is 6.04 Å². The van der Waals surface area contributed by atoms with E-state index >= 15 is 0 Å². The van der Waals surface area contributed by atoms with E-state index < -0.39 is 0 Å². The van der Waals surface area contributed by atoms with Gasteiger partial charge in [-0.05, 0) is 55.2 Å². The Labute approximate surface area is 116 Å². The summed E-state index contributed by atoms with van der Waals surface area (Å²) in [6.45, 7) is 4.24. The topological polar surface area (TPSA) is 29.1 Å². The Bertz CT molecular complexity index is 435. The van der Waals surface area contributed by atoms with Crippen molar-refractivity contribution in [1.29, 1.82) is 0 Å². The number of carbonyl (C=O) groups excluding carboxylic acids is 1. The lowest BCUT2D eigenvalue weighted by Crippen LogP contribution is -2.34. The number of benzene rings is 1. The highest BCUT2D eigenvalue weighted by atomic mass is 16.1. The first-order valence-corrected chi connectivity index (χ1v) is 7.63. The minimum atomic E-state index is 0.157. The van der Waals surface area contributed by atoms with Crippen LogP contribution in [0.5, 0.6) is 0 Å². The Hall–Kier alpha value is -1.31. The molecule has 104 valence electrons. The van der Waals surface area contributed by atoms with Crippen molar-refractivity contribution in [3.63, 3.8) is 0 Å². The van der Waals surface area contributed by atoms with Crippen molar-refractivity contribution < 1.29 is 4.79 Å². The quantitative estimate of drug-likeness (QED) is 0.862. The third kappa shape index (κ3) is 3.82. The molecule has 0 saturated carbocycles. The zero-order valence-corrected chi connectivity index (χ0v) is 12.2. The van der Waals surface area contributed by atoms with Crippen LogP contribution in [0.25, 0.3) is 0 Å². The maximum atomic E-state index is 12.0. The number of nitrogens with one attached hydrogen (secondary N) is 1. The molecule has 19 heavy (non-hydrogen) atoms. The lowest BCUT2D eigenvalue weighted by atomic mass is 9.90. The van der Waals surface area contributed by atoms with Crippen LogP contribution in [0.3, 0.4) is 0 Å². The van der Waals surface area contributed by atoms with Gasteiger partial charge in [0.15, 0.2) is 0 Å². The summed E-state index contributed by atoms with van der Waals surface area (Å²) in [5.74, 6) is 0.157. The summed E-state index contributed by atoms with van der Waals surface area (Å²) in [6, 6.07) is 6.90. The van der Waals surface area contributed by atoms with Gasteiger partial charge in [0.05, 0.1) is 6.42 Å². The fourth-order valence-corrected chi connectivity index (χ4v) is 2.85. The molecule has 0 heterocycles. The molecule has 0 spiro atoms. The molecule has 0 aromatic heterocycles. The number of amides is 1. The Balaban J connectivity index is 1.97. The third-order valence-electron chi connectivity index (χ3n) is 4.13. The van der Waals surface area contributed by atoms with Crippen molar-refractivity contribution in [1.82, 2.24) is 5.32 Å². The number of hydrogen-bond acceptors (Lipinski definition) is 1. The monoisotopic (exact) mass is 259 g/mol. The predicted molar refractivity (Wildman–Crippen MR) is 79.3 cm³/mol. The van der Waals surface area contributed by atoms with Gasteiger partial charge in [-0.2, -0.15) is 0 Å². The second-order valence-electron chi connectivity index (χ2n) is 5.57. The van der Waals surface area contributed by atoms with Crippen LogP contribution in [0.4, 0.5) is 0 Å². The van der Waals surface area contributed by atoms with Crippen molar-refractivity contribution >= 4 is 5.91 Å². The van der Waals surface area contributed by atoms with Gasteiger partial charge in [-0.1, -0.05) is 32.0 Å². The van der Waals surface area contributed by atoms with E-state index in [1.54, 1.807) is 0 Å². The first-order valence-electron chi connectivity index (χ1n) is 7.63. The van der Waals surface area contributed by atoms with E-state index in [9.17, 15) is 4.79 Å². The van der Waals surface area contributed by atoms with E-state index in [2.05, 4.69) is 37.4 Å². The maximum Gasteiger partial charge on any atom is 0.224 e. The number of aryl methyl sites for hydroxylation is 2. The molecule has 1 aromatic carbocycles. The summed E-state index contributed by atoms with van der Waals surface area (Å²) in [7, 11) is 0. The average Bonchev–Trinajstić information content (AvgIpc) is 2.44. The van der Waals surface area contributed by atoms with Crippen molar-refractivity contribution in [3.8, 4) is 0 Å². The predicted octanol–water partition coefficient (Wildman–Crippen LogP) is 3.41. The van der Waals surface area contributed by atoms with Crippen LogP contribution in [0.15, 0.2) is 18.2 Å². The maximum absolute atomic E-state index is 12.0. The van der Waals surface area contributed by atoms with Gasteiger partial charge in [0.2, 0.25) is 5.91 Å². The van der Waals surface area contributed by atoms with Gasteiger partial charge in [-0.15, -0.1) is 0 Å². The van der Waals surface area contributed by atoms with Gasteiger partial charge in [-0.25, -0.2) is 0 Å². The molecule has 0 aliphatic heterocycles. The zero-order valence-electron chi connectivity index (χ0n) is 12.2. The molecule has 2 heteroatoms. The van der Waals surface area contributed by atoms with Crippen molar-refractivity contribution in [2.45, 2.75) is 64.8 Å². The summed E-state index contributed by atoms with van der Waals surface area (Å²) in [6.07, 6.45) is 7.51. The van der Waals surface area contributed by atoms with E-state index in [4.69, 9.17) is 0 Å². The fraction of sp³-hybridized carbons (Fsp3) is 0.588. The molecule has 0 atom stereocenters. The molecule has 0 radical (unpaired) electrons. The molecule has 0 unspecified atom stereocenters. The lowest BCUT2D eigenvalue weighted by Gasteiger charge is -2.17. The number of fused-ring (bicyclic) bond motifs is 1. The van der Waals surface area contributed by atoms with Crippen LogP contribution in [0, 0.1) is 0 Å². The Morgan fingerprint density at radius 2 is 1.84 bits per heavy atom. The summed E-state index contributed by atoms with van der Waals surface area (Å²) in [5.41, 5.74) is 4.10. The minimum absolute atomic E-state index is 0.157. The van der Waals surface area contributed by atoms with Gasteiger partial charge >= 0.3 is 0 Å². The molecule has 1 amide bonds. The molecular formula is C17H25NO. The van der Waals surface area contributed by atoms with Crippen LogP contribution >= 0.6 is 0 Å². The van der Waals surface area contributed by atoms with Crippen molar-refractivity contribution in [2.75, 3.05) is 0 Å². The summed E-state index contributed by atoms with van der Waals surface area (Å²) in [5, 5.41) is 3.11. The van der Waals surface area contributed by atoms with Crippen molar-refractivity contribution in [3.05, 3.63) is 34.9 Å². The standard InChI is InChI=1S/C17H25NO/c1-3-16(4-2)18-17(19)12-13-9-10-14-7-5-6-8-15(14)11-13/h9-11,16H,3-8,12H2,1-2H3,(H,18,19). The van der Waals surface area contributed by atoms with Gasteiger partial charge in [0.1, 0.15) is 0 Å². The number of rotatable bonds is 5. The van der Waals surface area contributed by atoms with Gasteiger partial charge in [0.25, 0.3) is 0 Å². The summed E-state index contributed by atoms with van der Waals surface area (Å²) >= 11 is 0. The molecule has 2 nitrogen and oxygen atoms in total. The van der Waals surface area contributed by atoms with Crippen LogP contribution in [0.1, 0.15) is 56.2 Å². The van der Waals surface area contributed by atoms with E-state index in [1.807, 2.05) is 0 Å². The number of hydrogen-bond donors (Lipinski definition) is 1. The van der Waals surface area contributed by atoms with E-state index in [1.165, 1.54) is 36.8 Å². The van der Waals surface area contributed by atoms with Gasteiger partial charge in [-0.3, -0.25) is 4.79 Å². The average molecular weight is 259 g/mol. The second-order valence-corrected chi connectivity index (χ2v) is 5.57. The second kappa shape index (κ2) is 6.74. The van der Waals surface area contributed by atoms with E-state index in [0.29, 0.717) is 12.5 Å². The molecular weight excluding hydrogens is 234 g/mol. The summed E-state index contributed by atoms with van der Waals surface area (Å²) in [4.78, 5) is 12.0. The lowest BCUT2D eigenvalue weighted by molar-refractivity contribution is -0.121. The highest BCUT2D eigenvalue weighted by Crippen LogP contribution is 2.22. The van der Waals surface area contributed by atoms with Gasteiger partial charge < -0.3 is 5.32 Å². The molecule has 1 aromatic rings. The Kier molecular flexibility index (Phi) is 5.00. The largest absolute Gasteiger partial charge is 0.353 e. The highest BCUT2D eigenvalue weighted by Gasteiger charge is 2.12. The van der Waals surface area contributed by atoms with Crippen LogP contribution < -0.4 is 5.32 Å². The number of carbonyl (C=O) groups is 1. The highest BCUT2D eigenvalue weighted by molar-refractivity contribution is 5.78. The summed E-state index contributed by atoms with van der Waals surface area (Å²) < 4.78 is 0.